The number of esters is 1. The summed E-state index contributed by atoms with van der Waals surface area (Å²) in [4.78, 5) is 41.4. The second kappa shape index (κ2) is 17.3. The van der Waals surface area contributed by atoms with E-state index in [0.29, 0.717) is 41.3 Å². The number of nitrogen functional groups attached to an aromatic ring is 1. The number of allylic oxidation sites excluding steroid dienone is 2. The Kier molecular flexibility index (Phi) is 13.5. The first-order valence-electron chi connectivity index (χ1n) is 15.2. The maximum atomic E-state index is 13.7. The maximum Gasteiger partial charge on any atom is 0.354 e. The fourth-order valence-electron chi connectivity index (χ4n) is 5.47. The van der Waals surface area contributed by atoms with Crippen molar-refractivity contribution in [2.24, 2.45) is 26.4 Å². The topological polar surface area (TPSA) is 195 Å². The van der Waals surface area contributed by atoms with Gasteiger partial charge in [0.1, 0.15) is 29.9 Å². The van der Waals surface area contributed by atoms with Crippen LogP contribution in [0.2, 0.25) is 0 Å². The quantitative estimate of drug-likeness (QED) is 0.118. The number of carbonyl (C=O) groups excluding carboxylic acids is 2. The SMILES string of the molecule is C=NC(=C\C(=NCC(=O)/C(CCC)=C(\N)[C@H]1CCCc2sc(N)c(C#N)c21)OCC1CCCN1C)/N=C/C=C(\N)C(=O)OCC. The number of aliphatic imine (C=N–C) groups is 3. The molecule has 242 valence electrons. The highest BCUT2D eigenvalue weighted by Gasteiger charge is 2.31. The molecule has 13 heteroatoms. The van der Waals surface area contributed by atoms with Gasteiger partial charge in [0.2, 0.25) is 5.90 Å². The highest BCUT2D eigenvalue weighted by Crippen LogP contribution is 2.44. The van der Waals surface area contributed by atoms with E-state index in [1.807, 2.05) is 14.0 Å². The molecule has 0 saturated carbocycles. The minimum Gasteiger partial charge on any atom is -0.476 e. The summed E-state index contributed by atoms with van der Waals surface area (Å²) in [5.41, 5.74) is 20.8. The minimum atomic E-state index is -0.656. The van der Waals surface area contributed by atoms with E-state index < -0.39 is 5.97 Å². The van der Waals surface area contributed by atoms with Crippen molar-refractivity contribution in [1.29, 1.82) is 5.26 Å². The Labute approximate surface area is 269 Å². The molecule has 2 heterocycles. The predicted molar refractivity (Wildman–Crippen MR) is 179 cm³/mol. The average molecular weight is 637 g/mol. The molecule has 1 aliphatic heterocycles. The van der Waals surface area contributed by atoms with Crippen LogP contribution in [0.4, 0.5) is 5.00 Å². The Morgan fingerprint density at radius 1 is 1.22 bits per heavy atom. The molecular weight excluding hydrogens is 592 g/mol. The number of nitriles is 1. The molecule has 3 rings (SSSR count). The van der Waals surface area contributed by atoms with Crippen LogP contribution in [0.15, 0.2) is 49.9 Å². The Morgan fingerprint density at radius 2 is 2.00 bits per heavy atom. The summed E-state index contributed by atoms with van der Waals surface area (Å²) in [7, 11) is 2.04. The summed E-state index contributed by atoms with van der Waals surface area (Å²) in [5.74, 6) is -0.820. The molecule has 1 saturated heterocycles. The minimum absolute atomic E-state index is 0.117. The molecule has 0 radical (unpaired) electrons. The van der Waals surface area contributed by atoms with Crippen molar-refractivity contribution in [2.45, 2.75) is 70.8 Å². The zero-order chi connectivity index (χ0) is 32.9. The largest absolute Gasteiger partial charge is 0.476 e. The lowest BCUT2D eigenvalue weighted by Crippen LogP contribution is -2.30. The number of likely N-dealkylation sites (N-methyl/N-ethyl adjacent to an activating group) is 1. The lowest BCUT2D eigenvalue weighted by molar-refractivity contribution is -0.138. The van der Waals surface area contributed by atoms with Gasteiger partial charge in [-0.05, 0) is 77.4 Å². The van der Waals surface area contributed by atoms with Gasteiger partial charge in [-0.1, -0.05) is 13.3 Å². The average Bonchev–Trinajstić information content (AvgIpc) is 3.60. The molecule has 12 nitrogen and oxygen atoms in total. The molecule has 45 heavy (non-hydrogen) atoms. The van der Waals surface area contributed by atoms with Crippen LogP contribution in [0.25, 0.3) is 0 Å². The number of likely N-dealkylation sites (tertiary alicyclic amines) is 1. The molecular formula is C32H44N8O4S. The summed E-state index contributed by atoms with van der Waals surface area (Å²) >= 11 is 1.43. The van der Waals surface area contributed by atoms with Crippen LogP contribution < -0.4 is 17.2 Å². The molecule has 2 aliphatic rings. The van der Waals surface area contributed by atoms with Gasteiger partial charge in [-0.15, -0.1) is 11.3 Å². The molecule has 6 N–H and O–H groups in total. The molecule has 2 atom stereocenters. The molecule has 0 spiro atoms. The van der Waals surface area contributed by atoms with E-state index in [0.717, 1.165) is 49.1 Å². The van der Waals surface area contributed by atoms with Gasteiger partial charge in [-0.3, -0.25) is 4.79 Å². The van der Waals surface area contributed by atoms with Crippen molar-refractivity contribution in [3.8, 4) is 6.07 Å². The number of ketones is 1. The molecule has 1 aromatic heterocycles. The number of nitrogens with two attached hydrogens (primary N) is 3. The van der Waals surface area contributed by atoms with E-state index in [1.54, 1.807) is 6.92 Å². The van der Waals surface area contributed by atoms with Crippen molar-refractivity contribution in [3.63, 3.8) is 0 Å². The van der Waals surface area contributed by atoms with Gasteiger partial charge in [0.05, 0.1) is 12.2 Å². The van der Waals surface area contributed by atoms with E-state index in [4.69, 9.17) is 26.7 Å². The lowest BCUT2D eigenvalue weighted by Gasteiger charge is -2.25. The number of carbonyl (C=O) groups is 2. The van der Waals surface area contributed by atoms with Gasteiger partial charge < -0.3 is 31.6 Å². The van der Waals surface area contributed by atoms with Gasteiger partial charge >= 0.3 is 5.97 Å². The van der Waals surface area contributed by atoms with Gasteiger partial charge in [0.25, 0.3) is 0 Å². The van der Waals surface area contributed by atoms with Gasteiger partial charge in [0, 0.05) is 40.4 Å². The number of aryl methyl sites for hydroxylation is 1. The lowest BCUT2D eigenvalue weighted by atomic mass is 9.81. The first-order chi connectivity index (χ1) is 21.6. The predicted octanol–water partition coefficient (Wildman–Crippen LogP) is 3.73. The third-order valence-electron chi connectivity index (χ3n) is 7.83. The first-order valence-corrected chi connectivity index (χ1v) is 16.0. The molecule has 0 amide bonds. The Morgan fingerprint density at radius 3 is 2.64 bits per heavy atom. The van der Waals surface area contributed by atoms with Crippen molar-refractivity contribution >= 4 is 46.9 Å². The molecule has 1 fully saturated rings. The Bertz CT molecular complexity index is 1450. The maximum absolute atomic E-state index is 13.7. The highest BCUT2D eigenvalue weighted by molar-refractivity contribution is 7.16. The van der Waals surface area contributed by atoms with Crippen molar-refractivity contribution in [2.75, 3.05) is 39.1 Å². The van der Waals surface area contributed by atoms with Crippen LogP contribution in [0.3, 0.4) is 0 Å². The number of thiophene rings is 1. The first kappa shape index (κ1) is 35.2. The monoisotopic (exact) mass is 636 g/mol. The third-order valence-corrected chi connectivity index (χ3v) is 8.92. The third kappa shape index (κ3) is 9.36. The second-order valence-electron chi connectivity index (χ2n) is 10.9. The molecule has 0 aromatic carbocycles. The summed E-state index contributed by atoms with van der Waals surface area (Å²) in [5, 5.41) is 10.3. The Balaban J connectivity index is 1.91. The number of ether oxygens (including phenoxy) is 2. The number of hydrogen-bond acceptors (Lipinski definition) is 13. The molecule has 1 unspecified atom stereocenters. The number of anilines is 1. The summed E-state index contributed by atoms with van der Waals surface area (Å²) in [6, 6.07) is 2.44. The summed E-state index contributed by atoms with van der Waals surface area (Å²) in [6.07, 6.45) is 9.79. The van der Waals surface area contributed by atoms with Gasteiger partial charge in [-0.2, -0.15) is 5.26 Å². The normalized spacial score (nSPS) is 20.0. The van der Waals surface area contributed by atoms with Crippen LogP contribution in [-0.2, 0) is 25.5 Å². The zero-order valence-corrected chi connectivity index (χ0v) is 27.2. The molecule has 0 bridgehead atoms. The standard InChI is InChI=1S/C32H44N8O4S/c1-5-9-21(30(35)22-11-7-12-26-29(22)23(17-33)31(36)45-26)25(41)18-39-28(44-19-20-10-8-15-40(20)4)16-27(37-3)38-14-13-24(34)32(42)43-6-2/h13-14,16,20,22H,3,5-12,15,18-19,34-36H2,1-2,4H3/b24-13-,27-16+,30-21-,38-14+,39-28?/t20?,22-/m0/s1. The van der Waals surface area contributed by atoms with Crippen LogP contribution >= 0.6 is 11.3 Å². The van der Waals surface area contributed by atoms with Gasteiger partial charge in [0.15, 0.2) is 11.6 Å². The fraction of sp³-hybridized carbons (Fsp3) is 0.500. The van der Waals surface area contributed by atoms with E-state index in [2.05, 4.69) is 32.7 Å². The molecule has 1 aliphatic carbocycles. The van der Waals surface area contributed by atoms with E-state index in [1.165, 1.54) is 29.7 Å². The van der Waals surface area contributed by atoms with E-state index in [-0.39, 0.29) is 48.3 Å². The van der Waals surface area contributed by atoms with Crippen molar-refractivity contribution in [3.05, 3.63) is 50.9 Å². The highest BCUT2D eigenvalue weighted by atomic mass is 32.1. The smallest absolute Gasteiger partial charge is 0.354 e. The van der Waals surface area contributed by atoms with Crippen molar-refractivity contribution in [1.82, 2.24) is 4.90 Å². The second-order valence-corrected chi connectivity index (χ2v) is 12.0. The number of rotatable bonds is 14. The number of nitrogens with zero attached hydrogens (tertiary/aromatic N) is 5. The van der Waals surface area contributed by atoms with Gasteiger partial charge in [-0.25, -0.2) is 19.8 Å². The van der Waals surface area contributed by atoms with Crippen LogP contribution in [0, 0.1) is 11.3 Å². The van der Waals surface area contributed by atoms with Crippen LogP contribution in [0.1, 0.15) is 74.3 Å². The number of Topliss-reactive ketones (excluding diaryl/α,β-unsaturated/α-hetero) is 1. The summed E-state index contributed by atoms with van der Waals surface area (Å²) < 4.78 is 10.9. The zero-order valence-electron chi connectivity index (χ0n) is 26.4. The fourth-order valence-corrected chi connectivity index (χ4v) is 6.59. The van der Waals surface area contributed by atoms with E-state index in [9.17, 15) is 14.9 Å². The molecule has 1 aromatic rings. The Hall–Kier alpha value is -4.28. The van der Waals surface area contributed by atoms with Crippen LogP contribution in [-0.4, -0.2) is 74.9 Å². The van der Waals surface area contributed by atoms with Crippen molar-refractivity contribution < 1.29 is 19.1 Å². The number of hydrogen-bond donors (Lipinski definition) is 3. The van der Waals surface area contributed by atoms with E-state index >= 15 is 0 Å². The summed E-state index contributed by atoms with van der Waals surface area (Å²) in [6.45, 7) is 8.57. The number of fused-ring (bicyclic) bond motifs is 1. The van der Waals surface area contributed by atoms with Crippen LogP contribution in [0.5, 0.6) is 0 Å².